The maximum absolute atomic E-state index is 13.5. The molecule has 21 heavy (non-hydrogen) atoms. The van der Waals surface area contributed by atoms with Gasteiger partial charge in [-0.05, 0) is 37.0 Å². The van der Waals surface area contributed by atoms with Crippen LogP contribution in [0.15, 0.2) is 0 Å². The van der Waals surface area contributed by atoms with Crippen molar-refractivity contribution in [2.75, 3.05) is 7.11 Å². The third kappa shape index (κ3) is 2.29. The molecule has 6 heteroatoms. The predicted molar refractivity (Wildman–Crippen MR) is 70.7 cm³/mol. The molecule has 3 rings (SSSR count). The summed E-state index contributed by atoms with van der Waals surface area (Å²) in [7, 11) is 1.02. The molecule has 0 saturated heterocycles. The quantitative estimate of drug-likeness (QED) is 0.730. The predicted octanol–water partition coefficient (Wildman–Crippen LogP) is 4.13. The van der Waals surface area contributed by atoms with Gasteiger partial charge in [0.1, 0.15) is 0 Å². The van der Waals surface area contributed by atoms with Gasteiger partial charge in [0.15, 0.2) is 12.2 Å². The lowest BCUT2D eigenvalue weighted by atomic mass is 9.80. The first-order chi connectivity index (χ1) is 9.80. The van der Waals surface area contributed by atoms with Gasteiger partial charge < -0.3 is 9.47 Å². The molecule has 0 heterocycles. The average molecular weight is 312 g/mol. The summed E-state index contributed by atoms with van der Waals surface area (Å²) in [5, 5.41) is 0. The van der Waals surface area contributed by atoms with Crippen LogP contribution >= 0.6 is 0 Å². The summed E-state index contributed by atoms with van der Waals surface area (Å²) in [6.07, 6.45) is -0.975. The Hall–Kier alpha value is -0.360. The van der Waals surface area contributed by atoms with Crippen LogP contribution in [0.4, 0.5) is 17.6 Å². The summed E-state index contributed by atoms with van der Waals surface area (Å²) in [4.78, 5) is 0. The lowest BCUT2D eigenvalue weighted by Crippen LogP contribution is -2.75. The molecule has 3 fully saturated rings. The van der Waals surface area contributed by atoms with E-state index in [0.717, 1.165) is 26.4 Å². The van der Waals surface area contributed by atoms with E-state index in [1.165, 1.54) is 0 Å². The number of fused-ring (bicyclic) bond motifs is 2. The second-order valence-electron chi connectivity index (χ2n) is 6.12. The summed E-state index contributed by atoms with van der Waals surface area (Å²) >= 11 is 0. The summed E-state index contributed by atoms with van der Waals surface area (Å²) in [6, 6.07) is 0. The second kappa shape index (κ2) is 5.69. The van der Waals surface area contributed by atoms with Crippen LogP contribution in [0.5, 0.6) is 0 Å². The Bertz CT molecular complexity index is 373. The summed E-state index contributed by atoms with van der Waals surface area (Å²) in [6.45, 7) is 5.96. The molecule has 124 valence electrons. The average Bonchev–Trinajstić information content (AvgIpc) is 3.03. The SMILES string of the molecule is CC.COC1C(OC2C3CCC(C3)C2C)C(F)(F)C1(F)F. The van der Waals surface area contributed by atoms with E-state index in [-0.39, 0.29) is 17.9 Å². The molecule has 0 radical (unpaired) electrons. The molecule has 0 N–H and O–H groups in total. The van der Waals surface area contributed by atoms with Crippen molar-refractivity contribution in [3.63, 3.8) is 0 Å². The number of hydrogen-bond donors (Lipinski definition) is 0. The fourth-order valence-corrected chi connectivity index (χ4v) is 4.02. The van der Waals surface area contributed by atoms with Gasteiger partial charge in [0.2, 0.25) is 0 Å². The van der Waals surface area contributed by atoms with Crippen molar-refractivity contribution in [2.45, 2.75) is 70.2 Å². The number of hydrogen-bond acceptors (Lipinski definition) is 2. The van der Waals surface area contributed by atoms with Crippen LogP contribution < -0.4 is 0 Å². The van der Waals surface area contributed by atoms with Gasteiger partial charge in [-0.2, -0.15) is 17.6 Å². The monoisotopic (exact) mass is 312 g/mol. The van der Waals surface area contributed by atoms with Crippen molar-refractivity contribution >= 4 is 0 Å². The molecule has 6 unspecified atom stereocenters. The zero-order valence-electron chi connectivity index (χ0n) is 12.9. The van der Waals surface area contributed by atoms with Gasteiger partial charge in [0, 0.05) is 7.11 Å². The molecule has 3 aliphatic rings. The van der Waals surface area contributed by atoms with Crippen LogP contribution in [0.25, 0.3) is 0 Å². The Morgan fingerprint density at radius 1 is 0.905 bits per heavy atom. The molecule has 0 aliphatic heterocycles. The van der Waals surface area contributed by atoms with E-state index in [1.54, 1.807) is 0 Å². The minimum atomic E-state index is -4.13. The maximum Gasteiger partial charge on any atom is 0.341 e. The second-order valence-corrected chi connectivity index (χ2v) is 6.12. The van der Waals surface area contributed by atoms with Gasteiger partial charge in [-0.15, -0.1) is 0 Å². The molecule has 2 bridgehead atoms. The highest BCUT2D eigenvalue weighted by Crippen LogP contribution is 2.57. The fraction of sp³-hybridized carbons (Fsp3) is 1.00. The summed E-state index contributed by atoms with van der Waals surface area (Å²) in [5.41, 5.74) is 0. The zero-order valence-corrected chi connectivity index (χ0v) is 12.9. The number of ether oxygens (including phenoxy) is 2. The molecule has 0 aromatic heterocycles. The highest BCUT2D eigenvalue weighted by molar-refractivity contribution is 5.14. The Labute approximate surface area is 123 Å². The van der Waals surface area contributed by atoms with Crippen molar-refractivity contribution in [1.82, 2.24) is 0 Å². The van der Waals surface area contributed by atoms with Crippen molar-refractivity contribution in [3.8, 4) is 0 Å². The molecule has 6 atom stereocenters. The lowest BCUT2D eigenvalue weighted by Gasteiger charge is -2.50. The van der Waals surface area contributed by atoms with Crippen LogP contribution in [0.2, 0.25) is 0 Å². The van der Waals surface area contributed by atoms with E-state index in [0.29, 0.717) is 5.92 Å². The van der Waals surface area contributed by atoms with E-state index < -0.39 is 24.1 Å². The van der Waals surface area contributed by atoms with Crippen molar-refractivity contribution in [2.24, 2.45) is 17.8 Å². The van der Waals surface area contributed by atoms with E-state index in [9.17, 15) is 17.6 Å². The molecule has 0 aromatic carbocycles. The minimum Gasteiger partial charge on any atom is -0.372 e. The molecule has 0 spiro atoms. The van der Waals surface area contributed by atoms with Gasteiger partial charge in [0.25, 0.3) is 0 Å². The van der Waals surface area contributed by atoms with Crippen LogP contribution in [0.1, 0.15) is 40.0 Å². The van der Waals surface area contributed by atoms with Gasteiger partial charge in [0.05, 0.1) is 6.10 Å². The summed E-state index contributed by atoms with van der Waals surface area (Å²) < 4.78 is 63.4. The molecular formula is C15H24F4O2. The Balaban J connectivity index is 0.000000774. The topological polar surface area (TPSA) is 18.5 Å². The zero-order chi connectivity index (χ0) is 16.0. The van der Waals surface area contributed by atoms with Crippen LogP contribution in [-0.2, 0) is 9.47 Å². The molecule has 3 aliphatic carbocycles. The Morgan fingerprint density at radius 2 is 1.43 bits per heavy atom. The smallest absolute Gasteiger partial charge is 0.341 e. The molecule has 0 amide bonds. The van der Waals surface area contributed by atoms with E-state index >= 15 is 0 Å². The van der Waals surface area contributed by atoms with E-state index in [2.05, 4.69) is 4.74 Å². The van der Waals surface area contributed by atoms with Crippen LogP contribution in [-0.4, -0.2) is 37.3 Å². The van der Waals surface area contributed by atoms with Crippen molar-refractivity contribution < 1.29 is 27.0 Å². The Morgan fingerprint density at radius 3 is 1.90 bits per heavy atom. The highest BCUT2D eigenvalue weighted by Gasteiger charge is 2.81. The third-order valence-corrected chi connectivity index (χ3v) is 5.23. The Kier molecular flexibility index (Phi) is 4.60. The molecule has 0 aromatic rings. The van der Waals surface area contributed by atoms with Gasteiger partial charge in [-0.25, -0.2) is 0 Å². The van der Waals surface area contributed by atoms with Gasteiger partial charge in [-0.3, -0.25) is 0 Å². The number of methoxy groups -OCH3 is 1. The van der Waals surface area contributed by atoms with Crippen LogP contribution in [0.3, 0.4) is 0 Å². The normalized spacial score (nSPS) is 45.7. The fourth-order valence-electron chi connectivity index (χ4n) is 4.02. The number of alkyl halides is 4. The minimum absolute atomic E-state index is 0.168. The van der Waals surface area contributed by atoms with Gasteiger partial charge >= 0.3 is 11.8 Å². The number of rotatable bonds is 3. The van der Waals surface area contributed by atoms with Gasteiger partial charge in [-0.1, -0.05) is 20.8 Å². The van der Waals surface area contributed by atoms with Crippen molar-refractivity contribution in [3.05, 3.63) is 0 Å². The van der Waals surface area contributed by atoms with E-state index in [1.807, 2.05) is 20.8 Å². The highest BCUT2D eigenvalue weighted by atomic mass is 19.3. The lowest BCUT2D eigenvalue weighted by molar-refractivity contribution is -0.404. The maximum atomic E-state index is 13.5. The first-order valence-electron chi connectivity index (χ1n) is 7.74. The summed E-state index contributed by atoms with van der Waals surface area (Å²) in [5.74, 6) is -7.36. The number of halogens is 4. The first-order valence-corrected chi connectivity index (χ1v) is 7.74. The van der Waals surface area contributed by atoms with E-state index in [4.69, 9.17) is 4.74 Å². The first kappa shape index (κ1) is 17.0. The van der Waals surface area contributed by atoms with Crippen LogP contribution in [0, 0.1) is 17.8 Å². The third-order valence-electron chi connectivity index (χ3n) is 5.23. The molecule has 2 nitrogen and oxygen atoms in total. The molecular weight excluding hydrogens is 288 g/mol. The largest absolute Gasteiger partial charge is 0.372 e. The molecule has 3 saturated carbocycles. The standard InChI is InChI=1S/C13H18F4O2.C2H6/c1-6-7-3-4-8(5-7)9(6)19-11-10(18-2)12(14,15)13(11,16)17;1-2/h6-11H,3-5H2,1-2H3;1-2H3. The van der Waals surface area contributed by atoms with Crippen molar-refractivity contribution in [1.29, 1.82) is 0 Å².